The molecule has 1 saturated carbocycles. The zero-order valence-electron chi connectivity index (χ0n) is 10.4. The third kappa shape index (κ3) is 3.46. The Kier molecular flexibility index (Phi) is 5.07. The summed E-state index contributed by atoms with van der Waals surface area (Å²) < 4.78 is 0. The largest absolute Gasteiger partial charge is 0.392 e. The Balaban J connectivity index is 2.47. The minimum atomic E-state index is -0.178. The van der Waals surface area contributed by atoms with Crippen LogP contribution in [0.4, 0.5) is 0 Å². The van der Waals surface area contributed by atoms with Gasteiger partial charge in [-0.05, 0) is 43.1 Å². The van der Waals surface area contributed by atoms with Gasteiger partial charge >= 0.3 is 0 Å². The second kappa shape index (κ2) is 5.86. The molecule has 0 amide bonds. The summed E-state index contributed by atoms with van der Waals surface area (Å²) in [5.41, 5.74) is 5.75. The molecule has 1 rings (SSSR count). The third-order valence-corrected chi connectivity index (χ3v) is 4.11. The van der Waals surface area contributed by atoms with E-state index in [2.05, 4.69) is 20.8 Å². The van der Waals surface area contributed by atoms with E-state index < -0.39 is 0 Å². The van der Waals surface area contributed by atoms with Gasteiger partial charge in [0.1, 0.15) is 0 Å². The first kappa shape index (κ1) is 13.0. The van der Waals surface area contributed by atoms with E-state index in [1.807, 2.05) is 0 Å². The lowest BCUT2D eigenvalue weighted by molar-refractivity contribution is 0.0134. The normalized spacial score (nSPS) is 31.6. The van der Waals surface area contributed by atoms with Crippen LogP contribution in [0.15, 0.2) is 0 Å². The molecule has 0 bridgehead atoms. The SMILES string of the molecule is CC1CCC(C(O)C(CN)C(C)C)CC1. The van der Waals surface area contributed by atoms with Crippen LogP contribution < -0.4 is 5.73 Å². The van der Waals surface area contributed by atoms with E-state index in [0.717, 1.165) is 5.92 Å². The van der Waals surface area contributed by atoms with Gasteiger partial charge in [-0.15, -0.1) is 0 Å². The van der Waals surface area contributed by atoms with Crippen molar-refractivity contribution in [1.82, 2.24) is 0 Å². The van der Waals surface area contributed by atoms with Crippen molar-refractivity contribution in [2.24, 2.45) is 29.4 Å². The molecule has 15 heavy (non-hydrogen) atoms. The first-order chi connectivity index (χ1) is 7.06. The standard InChI is InChI=1S/C13H27NO/c1-9(2)12(8-14)13(15)11-6-4-10(3)5-7-11/h9-13,15H,4-8,14H2,1-3H3. The van der Waals surface area contributed by atoms with Crippen LogP contribution >= 0.6 is 0 Å². The lowest BCUT2D eigenvalue weighted by Gasteiger charge is -2.35. The van der Waals surface area contributed by atoms with Gasteiger partial charge in [0.2, 0.25) is 0 Å². The van der Waals surface area contributed by atoms with Crippen molar-refractivity contribution in [2.75, 3.05) is 6.54 Å². The van der Waals surface area contributed by atoms with Crippen LogP contribution in [0.2, 0.25) is 0 Å². The topological polar surface area (TPSA) is 46.2 Å². The first-order valence-electron chi connectivity index (χ1n) is 6.44. The van der Waals surface area contributed by atoms with Gasteiger partial charge < -0.3 is 10.8 Å². The summed E-state index contributed by atoms with van der Waals surface area (Å²) in [7, 11) is 0. The smallest absolute Gasteiger partial charge is 0.0611 e. The molecule has 0 radical (unpaired) electrons. The number of hydrogen-bond donors (Lipinski definition) is 2. The molecular formula is C13H27NO. The monoisotopic (exact) mass is 213 g/mol. The van der Waals surface area contributed by atoms with E-state index in [0.29, 0.717) is 18.4 Å². The average molecular weight is 213 g/mol. The van der Waals surface area contributed by atoms with Crippen LogP contribution in [0.25, 0.3) is 0 Å². The molecule has 1 fully saturated rings. The van der Waals surface area contributed by atoms with Crippen molar-refractivity contribution in [1.29, 1.82) is 0 Å². The molecule has 0 aromatic carbocycles. The molecule has 0 aliphatic heterocycles. The molecule has 0 saturated heterocycles. The molecule has 2 atom stereocenters. The Morgan fingerprint density at radius 1 is 1.20 bits per heavy atom. The van der Waals surface area contributed by atoms with Crippen LogP contribution in [0.3, 0.4) is 0 Å². The molecule has 1 aliphatic carbocycles. The van der Waals surface area contributed by atoms with Crippen molar-refractivity contribution >= 4 is 0 Å². The zero-order chi connectivity index (χ0) is 11.4. The average Bonchev–Trinajstić information content (AvgIpc) is 2.19. The molecule has 0 spiro atoms. The summed E-state index contributed by atoms with van der Waals surface area (Å²) in [6.45, 7) is 7.24. The molecule has 2 unspecified atom stereocenters. The predicted molar refractivity (Wildman–Crippen MR) is 64.5 cm³/mol. The highest BCUT2D eigenvalue weighted by molar-refractivity contribution is 4.82. The van der Waals surface area contributed by atoms with Crippen LogP contribution in [-0.4, -0.2) is 17.8 Å². The molecule has 0 heterocycles. The highest BCUT2D eigenvalue weighted by atomic mass is 16.3. The molecule has 0 aromatic heterocycles. The van der Waals surface area contributed by atoms with Gasteiger partial charge in [0.15, 0.2) is 0 Å². The molecule has 0 aromatic rings. The quantitative estimate of drug-likeness (QED) is 0.753. The fourth-order valence-corrected chi connectivity index (χ4v) is 2.78. The van der Waals surface area contributed by atoms with E-state index in [4.69, 9.17) is 5.73 Å². The van der Waals surface area contributed by atoms with Crippen molar-refractivity contribution in [3.8, 4) is 0 Å². The summed E-state index contributed by atoms with van der Waals surface area (Å²) in [4.78, 5) is 0. The number of aliphatic hydroxyl groups excluding tert-OH is 1. The Morgan fingerprint density at radius 3 is 2.13 bits per heavy atom. The molecule has 1 aliphatic rings. The molecule has 90 valence electrons. The highest BCUT2D eigenvalue weighted by Crippen LogP contribution is 2.34. The van der Waals surface area contributed by atoms with Crippen molar-refractivity contribution in [3.63, 3.8) is 0 Å². The lowest BCUT2D eigenvalue weighted by atomic mass is 9.74. The van der Waals surface area contributed by atoms with Crippen molar-refractivity contribution in [3.05, 3.63) is 0 Å². The van der Waals surface area contributed by atoms with Crippen molar-refractivity contribution < 1.29 is 5.11 Å². The number of hydrogen-bond acceptors (Lipinski definition) is 2. The van der Waals surface area contributed by atoms with Crippen molar-refractivity contribution in [2.45, 2.75) is 52.6 Å². The van der Waals surface area contributed by atoms with Crippen LogP contribution in [0.5, 0.6) is 0 Å². The summed E-state index contributed by atoms with van der Waals surface area (Å²) in [5, 5.41) is 10.3. The van der Waals surface area contributed by atoms with Gasteiger partial charge in [0, 0.05) is 0 Å². The Hall–Kier alpha value is -0.0800. The predicted octanol–water partition coefficient (Wildman–Crippen LogP) is 2.40. The molecule has 2 nitrogen and oxygen atoms in total. The minimum Gasteiger partial charge on any atom is -0.392 e. The summed E-state index contributed by atoms with van der Waals surface area (Å²) >= 11 is 0. The van der Waals surface area contributed by atoms with Gasteiger partial charge in [0.05, 0.1) is 6.10 Å². The fraction of sp³-hybridized carbons (Fsp3) is 1.00. The molecule has 2 heteroatoms. The second-order valence-electron chi connectivity index (χ2n) is 5.65. The highest BCUT2D eigenvalue weighted by Gasteiger charge is 2.31. The van der Waals surface area contributed by atoms with E-state index >= 15 is 0 Å². The Morgan fingerprint density at radius 2 is 1.73 bits per heavy atom. The van der Waals surface area contributed by atoms with Crippen LogP contribution in [0, 0.1) is 23.7 Å². The zero-order valence-corrected chi connectivity index (χ0v) is 10.4. The maximum absolute atomic E-state index is 10.3. The van der Waals surface area contributed by atoms with E-state index in [9.17, 15) is 5.11 Å². The maximum Gasteiger partial charge on any atom is 0.0611 e. The van der Waals surface area contributed by atoms with Gasteiger partial charge in [-0.25, -0.2) is 0 Å². The second-order valence-corrected chi connectivity index (χ2v) is 5.65. The van der Waals surface area contributed by atoms with Crippen LogP contribution in [0.1, 0.15) is 46.5 Å². The lowest BCUT2D eigenvalue weighted by Crippen LogP contribution is -2.38. The van der Waals surface area contributed by atoms with E-state index in [-0.39, 0.29) is 12.0 Å². The summed E-state index contributed by atoms with van der Waals surface area (Å²) in [5.74, 6) is 2.12. The number of rotatable bonds is 4. The minimum absolute atomic E-state index is 0.178. The van der Waals surface area contributed by atoms with Crippen LogP contribution in [-0.2, 0) is 0 Å². The van der Waals surface area contributed by atoms with Gasteiger partial charge in [-0.2, -0.15) is 0 Å². The first-order valence-corrected chi connectivity index (χ1v) is 6.44. The summed E-state index contributed by atoms with van der Waals surface area (Å²) in [6.07, 6.45) is 4.74. The van der Waals surface area contributed by atoms with Gasteiger partial charge in [0.25, 0.3) is 0 Å². The Bertz CT molecular complexity index is 173. The Labute approximate surface area is 94.2 Å². The summed E-state index contributed by atoms with van der Waals surface area (Å²) in [6, 6.07) is 0. The van der Waals surface area contributed by atoms with Gasteiger partial charge in [-0.1, -0.05) is 33.6 Å². The van der Waals surface area contributed by atoms with E-state index in [1.54, 1.807) is 0 Å². The molecule has 3 N–H and O–H groups in total. The fourth-order valence-electron chi connectivity index (χ4n) is 2.78. The number of nitrogens with two attached hydrogens (primary N) is 1. The molecular weight excluding hydrogens is 186 g/mol. The van der Waals surface area contributed by atoms with E-state index in [1.165, 1.54) is 25.7 Å². The number of aliphatic hydroxyl groups is 1. The third-order valence-electron chi connectivity index (χ3n) is 4.11. The van der Waals surface area contributed by atoms with Gasteiger partial charge in [-0.3, -0.25) is 0 Å². The maximum atomic E-state index is 10.3.